The first-order valence-electron chi connectivity index (χ1n) is 4.98. The summed E-state index contributed by atoms with van der Waals surface area (Å²) in [5.41, 5.74) is 2.80. The van der Waals surface area contributed by atoms with Gasteiger partial charge in [0.1, 0.15) is 0 Å². The number of Topliss-reactive ketones (excluding diaryl/α,β-unsaturated/α-hetero) is 1. The molecule has 16 heavy (non-hydrogen) atoms. The minimum atomic E-state index is -4.28. The Morgan fingerprint density at radius 3 is 2.12 bits per heavy atom. The summed E-state index contributed by atoms with van der Waals surface area (Å²) in [4.78, 5) is 14.4. The Bertz CT molecular complexity index is 404. The second kappa shape index (κ2) is 4.31. The number of rotatable bonds is 3. The first-order chi connectivity index (χ1) is 7.22. The van der Waals surface area contributed by atoms with Gasteiger partial charge in [0.2, 0.25) is 0 Å². The van der Waals surface area contributed by atoms with Gasteiger partial charge in [0, 0.05) is 12.1 Å². The highest BCUT2D eigenvalue weighted by molar-refractivity contribution is 5.96. The fourth-order valence-electron chi connectivity index (χ4n) is 1.50. The molecule has 0 aliphatic rings. The van der Waals surface area contributed by atoms with Crippen LogP contribution < -0.4 is 0 Å². The highest BCUT2D eigenvalue weighted by Gasteiger charge is 2.28. The van der Waals surface area contributed by atoms with Gasteiger partial charge in [-0.1, -0.05) is 0 Å². The number of aromatic nitrogens is 1. The maximum Gasteiger partial charge on any atom is 0.389 e. The molecule has 0 bridgehead atoms. The standard InChI is InChI=1S/C11H14F3NO/c1-6-7(2)10(15-8(6)3)9(16)4-5-11(12,13)14/h15H,4-5H2,1-3H3. The quantitative estimate of drug-likeness (QED) is 0.797. The smallest absolute Gasteiger partial charge is 0.356 e. The van der Waals surface area contributed by atoms with Gasteiger partial charge in [-0.2, -0.15) is 13.2 Å². The van der Waals surface area contributed by atoms with Crippen molar-refractivity contribution < 1.29 is 18.0 Å². The van der Waals surface area contributed by atoms with Crippen LogP contribution in [0.5, 0.6) is 0 Å². The average Bonchev–Trinajstić information content (AvgIpc) is 2.41. The molecule has 1 aromatic heterocycles. The molecule has 0 aliphatic heterocycles. The molecular formula is C11H14F3NO. The van der Waals surface area contributed by atoms with Crippen molar-refractivity contribution in [3.8, 4) is 0 Å². The number of alkyl halides is 3. The van der Waals surface area contributed by atoms with Gasteiger partial charge >= 0.3 is 6.18 Å². The molecule has 0 atom stereocenters. The van der Waals surface area contributed by atoms with E-state index in [9.17, 15) is 18.0 Å². The fourth-order valence-corrected chi connectivity index (χ4v) is 1.50. The molecule has 0 fully saturated rings. The Labute approximate surface area is 91.9 Å². The number of aromatic amines is 1. The van der Waals surface area contributed by atoms with E-state index >= 15 is 0 Å². The minimum absolute atomic E-state index is 0.305. The number of hydrogen-bond acceptors (Lipinski definition) is 1. The molecule has 0 amide bonds. The summed E-state index contributed by atoms with van der Waals surface area (Å²) in [7, 11) is 0. The second-order valence-corrected chi connectivity index (χ2v) is 3.91. The van der Waals surface area contributed by atoms with Crippen molar-refractivity contribution in [3.63, 3.8) is 0 Å². The van der Waals surface area contributed by atoms with Crippen molar-refractivity contribution in [2.75, 3.05) is 0 Å². The van der Waals surface area contributed by atoms with E-state index in [2.05, 4.69) is 4.98 Å². The van der Waals surface area contributed by atoms with E-state index in [-0.39, 0.29) is 0 Å². The molecule has 1 aromatic rings. The summed E-state index contributed by atoms with van der Waals surface area (Å²) >= 11 is 0. The van der Waals surface area contributed by atoms with Crippen LogP contribution >= 0.6 is 0 Å². The number of aryl methyl sites for hydroxylation is 1. The molecule has 1 heterocycles. The molecule has 0 saturated heterocycles. The average molecular weight is 233 g/mol. The third-order valence-electron chi connectivity index (χ3n) is 2.73. The Morgan fingerprint density at radius 1 is 1.19 bits per heavy atom. The summed E-state index contributed by atoms with van der Waals surface area (Å²) < 4.78 is 35.9. The Kier molecular flexibility index (Phi) is 3.45. The molecule has 1 rings (SSSR count). The van der Waals surface area contributed by atoms with Gasteiger partial charge in [-0.05, 0) is 31.9 Å². The van der Waals surface area contributed by atoms with E-state index in [1.165, 1.54) is 0 Å². The zero-order chi connectivity index (χ0) is 12.5. The lowest BCUT2D eigenvalue weighted by atomic mass is 10.1. The van der Waals surface area contributed by atoms with Gasteiger partial charge in [-0.15, -0.1) is 0 Å². The summed E-state index contributed by atoms with van der Waals surface area (Å²) in [5, 5.41) is 0. The molecule has 0 aliphatic carbocycles. The minimum Gasteiger partial charge on any atom is -0.356 e. The van der Waals surface area contributed by atoms with Crippen LogP contribution in [0.2, 0.25) is 0 Å². The zero-order valence-electron chi connectivity index (χ0n) is 9.46. The summed E-state index contributed by atoms with van der Waals surface area (Å²) in [5.74, 6) is -0.481. The predicted molar refractivity (Wildman–Crippen MR) is 54.6 cm³/mol. The first kappa shape index (κ1) is 12.8. The van der Waals surface area contributed by atoms with Gasteiger partial charge in [0.05, 0.1) is 12.1 Å². The van der Waals surface area contributed by atoms with E-state index in [4.69, 9.17) is 0 Å². The SMILES string of the molecule is Cc1[nH]c(C(=O)CCC(F)(F)F)c(C)c1C. The molecule has 0 aromatic carbocycles. The van der Waals surface area contributed by atoms with E-state index in [0.29, 0.717) is 5.69 Å². The van der Waals surface area contributed by atoms with Gasteiger partial charge in [-0.25, -0.2) is 0 Å². The van der Waals surface area contributed by atoms with Gasteiger partial charge in [-0.3, -0.25) is 4.79 Å². The number of carbonyl (C=O) groups is 1. The number of halogens is 3. The molecule has 2 nitrogen and oxygen atoms in total. The van der Waals surface area contributed by atoms with Crippen LogP contribution in [-0.2, 0) is 0 Å². The number of ketones is 1. The number of nitrogens with one attached hydrogen (secondary N) is 1. The number of hydrogen-bond donors (Lipinski definition) is 1. The van der Waals surface area contributed by atoms with Crippen molar-refractivity contribution >= 4 is 5.78 Å². The van der Waals surface area contributed by atoms with E-state index in [1.54, 1.807) is 13.8 Å². The lowest BCUT2D eigenvalue weighted by Crippen LogP contribution is -2.11. The predicted octanol–water partition coefficient (Wildman–Crippen LogP) is 3.47. The third-order valence-corrected chi connectivity index (χ3v) is 2.73. The van der Waals surface area contributed by atoms with Crippen molar-refractivity contribution in [2.24, 2.45) is 0 Å². The molecule has 1 N–H and O–H groups in total. The Balaban J connectivity index is 2.78. The normalized spacial score (nSPS) is 11.9. The van der Waals surface area contributed by atoms with Crippen LogP contribution in [0.25, 0.3) is 0 Å². The molecule has 0 unspecified atom stereocenters. The molecular weight excluding hydrogens is 219 g/mol. The molecule has 5 heteroatoms. The van der Waals surface area contributed by atoms with Crippen molar-refractivity contribution in [1.29, 1.82) is 0 Å². The largest absolute Gasteiger partial charge is 0.389 e. The number of H-pyrrole nitrogens is 1. The maximum atomic E-state index is 12.0. The lowest BCUT2D eigenvalue weighted by molar-refractivity contribution is -0.133. The molecule has 0 saturated carbocycles. The van der Waals surface area contributed by atoms with Crippen molar-refractivity contribution in [3.05, 3.63) is 22.5 Å². The zero-order valence-corrected chi connectivity index (χ0v) is 9.46. The van der Waals surface area contributed by atoms with Gasteiger partial charge < -0.3 is 4.98 Å². The monoisotopic (exact) mass is 233 g/mol. The van der Waals surface area contributed by atoms with Crippen molar-refractivity contribution in [2.45, 2.75) is 39.8 Å². The second-order valence-electron chi connectivity index (χ2n) is 3.91. The summed E-state index contributed by atoms with van der Waals surface area (Å²) in [6.07, 6.45) is -5.84. The van der Waals surface area contributed by atoms with Crippen LogP contribution in [0.4, 0.5) is 13.2 Å². The maximum absolute atomic E-state index is 12.0. The molecule has 0 radical (unpaired) electrons. The van der Waals surface area contributed by atoms with Crippen LogP contribution in [0.15, 0.2) is 0 Å². The summed E-state index contributed by atoms with van der Waals surface area (Å²) in [6, 6.07) is 0. The van der Waals surface area contributed by atoms with Gasteiger partial charge in [0.15, 0.2) is 5.78 Å². The van der Waals surface area contributed by atoms with E-state index in [1.807, 2.05) is 6.92 Å². The first-order valence-corrected chi connectivity index (χ1v) is 4.98. The lowest BCUT2D eigenvalue weighted by Gasteiger charge is -2.04. The van der Waals surface area contributed by atoms with Crippen LogP contribution in [0, 0.1) is 20.8 Å². The Morgan fingerprint density at radius 2 is 1.75 bits per heavy atom. The van der Waals surface area contributed by atoms with Crippen LogP contribution in [0.3, 0.4) is 0 Å². The third kappa shape index (κ3) is 2.87. The van der Waals surface area contributed by atoms with Gasteiger partial charge in [0.25, 0.3) is 0 Å². The highest BCUT2D eigenvalue weighted by atomic mass is 19.4. The molecule has 90 valence electrons. The van der Waals surface area contributed by atoms with Crippen LogP contribution in [0.1, 0.15) is 40.2 Å². The van der Waals surface area contributed by atoms with E-state index < -0.39 is 24.8 Å². The topological polar surface area (TPSA) is 32.9 Å². The summed E-state index contributed by atoms with van der Waals surface area (Å²) in [6.45, 7) is 5.37. The van der Waals surface area contributed by atoms with Crippen LogP contribution in [-0.4, -0.2) is 16.9 Å². The number of carbonyl (C=O) groups excluding carboxylic acids is 1. The molecule has 0 spiro atoms. The van der Waals surface area contributed by atoms with E-state index in [0.717, 1.165) is 16.8 Å². The highest BCUT2D eigenvalue weighted by Crippen LogP contribution is 2.24. The fraction of sp³-hybridized carbons (Fsp3) is 0.545. The Hall–Kier alpha value is -1.26. The van der Waals surface area contributed by atoms with Crippen molar-refractivity contribution in [1.82, 2.24) is 4.98 Å².